The van der Waals surface area contributed by atoms with E-state index in [1.165, 1.54) is 0 Å². The van der Waals surface area contributed by atoms with Crippen LogP contribution in [0.2, 0.25) is 0 Å². The number of rotatable bonds is 4. The molecule has 0 amide bonds. The predicted molar refractivity (Wildman–Crippen MR) is 59.8 cm³/mol. The van der Waals surface area contributed by atoms with Crippen LogP contribution in [0, 0.1) is 0 Å². The average Bonchev–Trinajstić information content (AvgIpc) is 2.33. The summed E-state index contributed by atoms with van der Waals surface area (Å²) in [7, 11) is 0. The van der Waals surface area contributed by atoms with Gasteiger partial charge >= 0.3 is 12.4 Å². The van der Waals surface area contributed by atoms with Gasteiger partial charge in [-0.05, 0) is 12.1 Å². The smallest absolute Gasteiger partial charge is 0.369 e. The molecule has 0 bridgehead atoms. The number of nitrogens with one attached hydrogen (secondary N) is 1. The third-order valence-electron chi connectivity index (χ3n) is 2.77. The molecule has 0 aromatic heterocycles. The van der Waals surface area contributed by atoms with Crippen LogP contribution in [0.5, 0.6) is 0 Å². The van der Waals surface area contributed by atoms with Crippen LogP contribution in [0.4, 0.5) is 26.3 Å². The Morgan fingerprint density at radius 1 is 0.950 bits per heavy atom. The van der Waals surface area contributed by atoms with Crippen LogP contribution in [-0.2, 0) is 12.1 Å². The number of aliphatic hydroxyl groups is 1. The minimum Gasteiger partial charge on any atom is -0.369 e. The molecule has 0 aliphatic rings. The summed E-state index contributed by atoms with van der Waals surface area (Å²) in [6.45, 7) is 2.73. The topological polar surface area (TPSA) is 32.3 Å². The maximum atomic E-state index is 12.6. The SMILES string of the molecule is CCNCc1ccc(C(O)(C(F)(F)F)C(F)(F)F)cc1. The number of hydrogen-bond donors (Lipinski definition) is 2. The predicted octanol–water partition coefficient (Wildman–Crippen LogP) is 3.11. The Balaban J connectivity index is 3.17. The molecule has 0 aliphatic heterocycles. The van der Waals surface area contributed by atoms with Gasteiger partial charge in [0.05, 0.1) is 0 Å². The van der Waals surface area contributed by atoms with Crippen LogP contribution in [0.25, 0.3) is 0 Å². The molecule has 1 aromatic rings. The van der Waals surface area contributed by atoms with Gasteiger partial charge in [0, 0.05) is 12.1 Å². The van der Waals surface area contributed by atoms with E-state index in [1.54, 1.807) is 6.92 Å². The minimum atomic E-state index is -5.85. The molecule has 2 nitrogen and oxygen atoms in total. The molecular formula is C12H13F6NO. The molecule has 0 heterocycles. The van der Waals surface area contributed by atoms with Crippen molar-refractivity contribution in [3.8, 4) is 0 Å². The summed E-state index contributed by atoms with van der Waals surface area (Å²) >= 11 is 0. The summed E-state index contributed by atoms with van der Waals surface area (Å²) in [6, 6.07) is 3.49. The number of alkyl halides is 6. The summed E-state index contributed by atoms with van der Waals surface area (Å²) in [5, 5.41) is 12.0. The molecule has 1 aromatic carbocycles. The summed E-state index contributed by atoms with van der Waals surface area (Å²) in [5.41, 5.74) is -5.60. The Kier molecular flexibility index (Phi) is 4.70. The first-order chi connectivity index (χ1) is 9.04. The summed E-state index contributed by atoms with van der Waals surface area (Å²) < 4.78 is 75.6. The van der Waals surface area contributed by atoms with E-state index in [2.05, 4.69) is 5.32 Å². The zero-order valence-electron chi connectivity index (χ0n) is 10.4. The highest BCUT2D eigenvalue weighted by atomic mass is 19.4. The van der Waals surface area contributed by atoms with E-state index in [0.717, 1.165) is 12.1 Å². The van der Waals surface area contributed by atoms with Crippen LogP contribution < -0.4 is 5.32 Å². The second-order valence-electron chi connectivity index (χ2n) is 4.18. The molecule has 0 saturated heterocycles. The molecule has 8 heteroatoms. The number of halogens is 6. The van der Waals surface area contributed by atoms with Crippen molar-refractivity contribution < 1.29 is 31.4 Å². The van der Waals surface area contributed by atoms with E-state index in [9.17, 15) is 26.3 Å². The van der Waals surface area contributed by atoms with Gasteiger partial charge in [0.2, 0.25) is 0 Å². The van der Waals surface area contributed by atoms with Crippen LogP contribution in [0.1, 0.15) is 18.1 Å². The van der Waals surface area contributed by atoms with Crippen LogP contribution in [-0.4, -0.2) is 24.0 Å². The van der Waals surface area contributed by atoms with Crippen molar-refractivity contribution in [3.05, 3.63) is 35.4 Å². The first-order valence-corrected chi connectivity index (χ1v) is 5.70. The first kappa shape index (κ1) is 16.8. The molecule has 0 fully saturated rings. The van der Waals surface area contributed by atoms with Crippen molar-refractivity contribution in [2.45, 2.75) is 31.4 Å². The molecule has 0 aliphatic carbocycles. The lowest BCUT2D eigenvalue weighted by Gasteiger charge is -2.32. The second-order valence-corrected chi connectivity index (χ2v) is 4.18. The van der Waals surface area contributed by atoms with E-state index in [-0.39, 0.29) is 0 Å². The zero-order chi connectivity index (χ0) is 15.6. The fourth-order valence-corrected chi connectivity index (χ4v) is 1.62. The maximum absolute atomic E-state index is 12.6. The van der Waals surface area contributed by atoms with Gasteiger partial charge in [-0.25, -0.2) is 0 Å². The van der Waals surface area contributed by atoms with E-state index in [1.807, 2.05) is 0 Å². The van der Waals surface area contributed by atoms with E-state index >= 15 is 0 Å². The van der Waals surface area contributed by atoms with Gasteiger partial charge in [-0.15, -0.1) is 0 Å². The average molecular weight is 301 g/mol. The van der Waals surface area contributed by atoms with Gasteiger partial charge in [-0.3, -0.25) is 0 Å². The van der Waals surface area contributed by atoms with Gasteiger partial charge in [-0.1, -0.05) is 31.2 Å². The minimum absolute atomic E-state index is 0.313. The Morgan fingerprint density at radius 3 is 1.75 bits per heavy atom. The lowest BCUT2D eigenvalue weighted by Crippen LogP contribution is -2.53. The highest BCUT2D eigenvalue weighted by molar-refractivity contribution is 5.30. The largest absolute Gasteiger partial charge is 0.430 e. The number of hydrogen-bond acceptors (Lipinski definition) is 2. The molecule has 0 radical (unpaired) electrons. The van der Waals surface area contributed by atoms with Crippen molar-refractivity contribution in [2.75, 3.05) is 6.54 Å². The van der Waals surface area contributed by atoms with Crippen LogP contribution in [0.15, 0.2) is 24.3 Å². The monoisotopic (exact) mass is 301 g/mol. The third-order valence-corrected chi connectivity index (χ3v) is 2.77. The van der Waals surface area contributed by atoms with Gasteiger partial charge < -0.3 is 10.4 Å². The van der Waals surface area contributed by atoms with Gasteiger partial charge in [0.25, 0.3) is 5.60 Å². The highest BCUT2D eigenvalue weighted by Gasteiger charge is 2.71. The third kappa shape index (κ3) is 3.06. The van der Waals surface area contributed by atoms with Crippen molar-refractivity contribution in [1.82, 2.24) is 5.32 Å². The summed E-state index contributed by atoms with van der Waals surface area (Å²) in [5.74, 6) is 0. The molecule has 20 heavy (non-hydrogen) atoms. The molecule has 114 valence electrons. The molecule has 0 atom stereocenters. The Hall–Kier alpha value is -1.28. The van der Waals surface area contributed by atoms with Crippen molar-refractivity contribution >= 4 is 0 Å². The quantitative estimate of drug-likeness (QED) is 0.838. The molecular weight excluding hydrogens is 288 g/mol. The fourth-order valence-electron chi connectivity index (χ4n) is 1.62. The molecule has 0 saturated carbocycles. The van der Waals surface area contributed by atoms with Crippen molar-refractivity contribution in [1.29, 1.82) is 0 Å². The lowest BCUT2D eigenvalue weighted by molar-refractivity contribution is -0.376. The van der Waals surface area contributed by atoms with E-state index < -0.39 is 23.5 Å². The Labute approximate surface area is 111 Å². The standard InChI is InChI=1S/C12H13F6NO/c1-2-19-7-8-3-5-9(6-4-8)10(20,11(13,14)15)12(16,17)18/h3-6,19-20H,2,7H2,1H3. The van der Waals surface area contributed by atoms with E-state index in [4.69, 9.17) is 5.11 Å². The van der Waals surface area contributed by atoms with Gasteiger partial charge in [0.15, 0.2) is 0 Å². The summed E-state index contributed by atoms with van der Waals surface area (Å²) in [4.78, 5) is 0. The first-order valence-electron chi connectivity index (χ1n) is 5.70. The van der Waals surface area contributed by atoms with Crippen LogP contribution in [0.3, 0.4) is 0 Å². The number of benzene rings is 1. The van der Waals surface area contributed by atoms with Crippen LogP contribution >= 0.6 is 0 Å². The normalized spacial score (nSPS) is 13.6. The second kappa shape index (κ2) is 5.61. The Bertz CT molecular complexity index is 423. The molecule has 1 rings (SSSR count). The molecule has 0 unspecified atom stereocenters. The fraction of sp³-hybridized carbons (Fsp3) is 0.500. The van der Waals surface area contributed by atoms with Crippen molar-refractivity contribution in [3.63, 3.8) is 0 Å². The highest BCUT2D eigenvalue weighted by Crippen LogP contribution is 2.49. The Morgan fingerprint density at radius 2 is 1.40 bits per heavy atom. The summed E-state index contributed by atoms with van der Waals surface area (Å²) in [6.07, 6.45) is -11.7. The maximum Gasteiger partial charge on any atom is 0.430 e. The van der Waals surface area contributed by atoms with E-state index in [0.29, 0.717) is 30.8 Å². The lowest BCUT2D eigenvalue weighted by atomic mass is 9.91. The van der Waals surface area contributed by atoms with Gasteiger partial charge in [-0.2, -0.15) is 26.3 Å². The molecule has 2 N–H and O–H groups in total. The molecule has 0 spiro atoms. The van der Waals surface area contributed by atoms with Crippen molar-refractivity contribution in [2.24, 2.45) is 0 Å². The van der Waals surface area contributed by atoms with Gasteiger partial charge in [0.1, 0.15) is 0 Å². The zero-order valence-corrected chi connectivity index (χ0v) is 10.4.